The van der Waals surface area contributed by atoms with Gasteiger partial charge in [0.25, 0.3) is 5.91 Å². The first-order valence-corrected chi connectivity index (χ1v) is 13.7. The fourth-order valence-corrected chi connectivity index (χ4v) is 4.87. The highest BCUT2D eigenvalue weighted by Gasteiger charge is 2.47. The van der Waals surface area contributed by atoms with Gasteiger partial charge in [-0.2, -0.15) is 0 Å². The second kappa shape index (κ2) is 12.9. The van der Waals surface area contributed by atoms with E-state index in [0.29, 0.717) is 35.9 Å². The summed E-state index contributed by atoms with van der Waals surface area (Å²) in [6, 6.07) is 4.99. The lowest BCUT2D eigenvalue weighted by molar-refractivity contribution is -0.163. The highest BCUT2D eigenvalue weighted by molar-refractivity contribution is 6.00. The molecule has 1 aliphatic carbocycles. The number of rotatable bonds is 11. The highest BCUT2D eigenvalue weighted by atomic mass is 16.6. The fraction of sp³-hybridized carbons (Fsp3) is 0.500. The number of carbonyl (C=O) groups excluding carboxylic acids is 3. The SMILES string of the molecule is CCOC(=O)N1CCN(C(=O)C(CCC(=O)O)NC(=O)c2cc(OC3(C(=O)O)CCC3)c3cc(OC)ccc3n2)CC1. The molecule has 1 aromatic heterocycles. The van der Waals surface area contributed by atoms with Crippen LogP contribution >= 0.6 is 0 Å². The number of aromatic nitrogens is 1. The Morgan fingerprint density at radius 2 is 1.74 bits per heavy atom. The molecule has 1 atom stereocenters. The Hall–Kier alpha value is -4.62. The maximum absolute atomic E-state index is 13.4. The van der Waals surface area contributed by atoms with E-state index in [-0.39, 0.29) is 57.1 Å². The number of carbonyl (C=O) groups is 5. The Balaban J connectivity index is 1.58. The minimum atomic E-state index is -1.43. The molecule has 0 bridgehead atoms. The first kappa shape index (κ1) is 30.3. The van der Waals surface area contributed by atoms with E-state index in [2.05, 4.69) is 10.3 Å². The quantitative estimate of drug-likeness (QED) is 0.349. The number of methoxy groups -OCH3 is 1. The van der Waals surface area contributed by atoms with Gasteiger partial charge in [0, 0.05) is 44.1 Å². The van der Waals surface area contributed by atoms with Crippen LogP contribution in [0.1, 0.15) is 49.5 Å². The molecule has 14 nitrogen and oxygen atoms in total. The van der Waals surface area contributed by atoms with Crippen molar-refractivity contribution in [2.75, 3.05) is 39.9 Å². The van der Waals surface area contributed by atoms with Crippen molar-refractivity contribution in [3.05, 3.63) is 30.0 Å². The first-order valence-electron chi connectivity index (χ1n) is 13.7. The summed E-state index contributed by atoms with van der Waals surface area (Å²) in [4.78, 5) is 69.5. The average molecular weight is 587 g/mol. The van der Waals surface area contributed by atoms with Crippen LogP contribution in [0.25, 0.3) is 10.9 Å². The standard InChI is InChI=1S/C28H34N4O10/c1-3-41-27(39)32-13-11-31(12-14-32)25(36)20(7-8-23(33)34)30-24(35)21-16-22(42-28(26(37)38)9-4-10-28)18-15-17(40-2)5-6-19(18)29-21/h5-6,15-16,20H,3-4,7-14H2,1-2H3,(H,30,35)(H,33,34)(H,37,38). The minimum absolute atomic E-state index is 0.120. The van der Waals surface area contributed by atoms with E-state index >= 15 is 0 Å². The second-order valence-corrected chi connectivity index (χ2v) is 10.1. The van der Waals surface area contributed by atoms with Gasteiger partial charge in [-0.15, -0.1) is 0 Å². The van der Waals surface area contributed by atoms with Gasteiger partial charge in [-0.05, 0) is 50.8 Å². The summed E-state index contributed by atoms with van der Waals surface area (Å²) in [6.07, 6.45) is 0.242. The average Bonchev–Trinajstić information content (AvgIpc) is 2.96. The lowest BCUT2D eigenvalue weighted by Crippen LogP contribution is -2.56. The molecule has 4 rings (SSSR count). The van der Waals surface area contributed by atoms with Crippen molar-refractivity contribution in [1.82, 2.24) is 20.1 Å². The van der Waals surface area contributed by atoms with Crippen molar-refractivity contribution in [2.45, 2.75) is 50.7 Å². The Labute approximate surface area is 241 Å². The van der Waals surface area contributed by atoms with Crippen molar-refractivity contribution in [1.29, 1.82) is 0 Å². The summed E-state index contributed by atoms with van der Waals surface area (Å²) in [7, 11) is 1.48. The summed E-state index contributed by atoms with van der Waals surface area (Å²) in [5.41, 5.74) is -1.24. The lowest BCUT2D eigenvalue weighted by Gasteiger charge is -2.38. The number of carboxylic acid groups (broad SMARTS) is 2. The molecule has 2 heterocycles. The Morgan fingerprint density at radius 1 is 1.05 bits per heavy atom. The van der Waals surface area contributed by atoms with Crippen LogP contribution in [0.15, 0.2) is 24.3 Å². The van der Waals surface area contributed by atoms with Crippen LogP contribution < -0.4 is 14.8 Å². The van der Waals surface area contributed by atoms with Crippen molar-refractivity contribution in [3.63, 3.8) is 0 Å². The van der Waals surface area contributed by atoms with Gasteiger partial charge in [0.05, 0.1) is 19.2 Å². The van der Waals surface area contributed by atoms with E-state index in [4.69, 9.17) is 14.2 Å². The monoisotopic (exact) mass is 586 g/mol. The van der Waals surface area contributed by atoms with Gasteiger partial charge in [0.1, 0.15) is 23.2 Å². The molecular formula is C28H34N4O10. The number of ether oxygens (including phenoxy) is 3. The zero-order chi connectivity index (χ0) is 30.4. The van der Waals surface area contributed by atoms with E-state index in [9.17, 15) is 34.2 Å². The first-order chi connectivity index (χ1) is 20.1. The summed E-state index contributed by atoms with van der Waals surface area (Å²) >= 11 is 0. The molecule has 1 saturated carbocycles. The molecule has 0 spiro atoms. The number of hydrogen-bond acceptors (Lipinski definition) is 9. The van der Waals surface area contributed by atoms with Crippen molar-refractivity contribution < 1.29 is 48.4 Å². The predicted molar refractivity (Wildman–Crippen MR) is 146 cm³/mol. The Kier molecular flexibility index (Phi) is 9.33. The molecule has 1 aliphatic heterocycles. The number of piperazine rings is 1. The van der Waals surface area contributed by atoms with Gasteiger partial charge in [-0.1, -0.05) is 0 Å². The van der Waals surface area contributed by atoms with Crippen LogP contribution in [0.2, 0.25) is 0 Å². The number of carboxylic acids is 2. The number of hydrogen-bond donors (Lipinski definition) is 3. The van der Waals surface area contributed by atoms with Gasteiger partial charge < -0.3 is 39.5 Å². The summed E-state index contributed by atoms with van der Waals surface area (Å²) in [5.74, 6) is -2.91. The van der Waals surface area contributed by atoms with Crippen molar-refractivity contribution in [3.8, 4) is 11.5 Å². The molecule has 14 heteroatoms. The van der Waals surface area contributed by atoms with Gasteiger partial charge in [-0.25, -0.2) is 14.6 Å². The molecule has 2 aliphatic rings. The highest BCUT2D eigenvalue weighted by Crippen LogP contribution is 2.40. The van der Waals surface area contributed by atoms with Gasteiger partial charge in [-0.3, -0.25) is 14.4 Å². The van der Waals surface area contributed by atoms with E-state index in [1.165, 1.54) is 23.0 Å². The van der Waals surface area contributed by atoms with Crippen molar-refractivity contribution in [2.24, 2.45) is 0 Å². The number of fused-ring (bicyclic) bond motifs is 1. The maximum atomic E-state index is 13.4. The molecule has 226 valence electrons. The Morgan fingerprint density at radius 3 is 2.31 bits per heavy atom. The van der Waals surface area contributed by atoms with Gasteiger partial charge in [0.15, 0.2) is 0 Å². The third-order valence-corrected chi connectivity index (χ3v) is 7.43. The number of benzene rings is 1. The number of amides is 3. The number of nitrogens with zero attached hydrogens (tertiary/aromatic N) is 3. The molecule has 1 aromatic carbocycles. The third kappa shape index (κ3) is 6.64. The Bertz CT molecular complexity index is 1370. The van der Waals surface area contributed by atoms with Crippen LogP contribution in [0.5, 0.6) is 11.5 Å². The normalized spacial score (nSPS) is 16.6. The zero-order valence-electron chi connectivity index (χ0n) is 23.5. The molecule has 3 N–H and O–H groups in total. The summed E-state index contributed by atoms with van der Waals surface area (Å²) < 4.78 is 16.3. The molecule has 0 radical (unpaired) electrons. The number of aliphatic carboxylic acids is 2. The second-order valence-electron chi connectivity index (χ2n) is 10.1. The molecular weight excluding hydrogens is 552 g/mol. The lowest BCUT2D eigenvalue weighted by atomic mass is 9.80. The minimum Gasteiger partial charge on any atom is -0.497 e. The largest absolute Gasteiger partial charge is 0.497 e. The van der Waals surface area contributed by atoms with Gasteiger partial charge >= 0.3 is 18.0 Å². The van der Waals surface area contributed by atoms with E-state index in [1.54, 1.807) is 25.1 Å². The van der Waals surface area contributed by atoms with Crippen molar-refractivity contribution >= 4 is 40.7 Å². The molecule has 3 amide bonds. The van der Waals surface area contributed by atoms with Crippen LogP contribution in [0.4, 0.5) is 4.79 Å². The van der Waals surface area contributed by atoms with Crippen LogP contribution in [0, 0.1) is 0 Å². The number of nitrogens with one attached hydrogen (secondary N) is 1. The van der Waals surface area contributed by atoms with Crippen LogP contribution in [0.3, 0.4) is 0 Å². The topological polar surface area (TPSA) is 185 Å². The zero-order valence-corrected chi connectivity index (χ0v) is 23.5. The smallest absolute Gasteiger partial charge is 0.409 e. The molecule has 42 heavy (non-hydrogen) atoms. The van der Waals surface area contributed by atoms with Gasteiger partial charge in [0.2, 0.25) is 11.5 Å². The molecule has 1 unspecified atom stereocenters. The maximum Gasteiger partial charge on any atom is 0.409 e. The van der Waals surface area contributed by atoms with Crippen LogP contribution in [-0.2, 0) is 19.1 Å². The third-order valence-electron chi connectivity index (χ3n) is 7.43. The molecule has 2 fully saturated rings. The summed E-state index contributed by atoms with van der Waals surface area (Å²) in [5, 5.41) is 22.1. The van der Waals surface area contributed by atoms with E-state index < -0.39 is 41.5 Å². The molecule has 2 aromatic rings. The number of pyridine rings is 1. The molecule has 1 saturated heterocycles. The summed E-state index contributed by atoms with van der Waals surface area (Å²) in [6.45, 7) is 2.74. The fourth-order valence-electron chi connectivity index (χ4n) is 4.87. The van der Waals surface area contributed by atoms with Crippen LogP contribution in [-0.4, -0.2) is 106 Å². The predicted octanol–water partition coefficient (Wildman–Crippen LogP) is 1.89. The van der Waals surface area contributed by atoms with E-state index in [1.807, 2.05) is 0 Å². The van der Waals surface area contributed by atoms with E-state index in [0.717, 1.165) is 0 Å².